The monoisotopic (exact) mass is 436 g/mol. The lowest BCUT2D eigenvalue weighted by Gasteiger charge is -2.24. The zero-order valence-electron chi connectivity index (χ0n) is 18.8. The van der Waals surface area contributed by atoms with E-state index in [0.717, 1.165) is 16.9 Å². The van der Waals surface area contributed by atoms with E-state index in [9.17, 15) is 9.59 Å². The van der Waals surface area contributed by atoms with Crippen molar-refractivity contribution in [2.24, 2.45) is 10.9 Å². The molecule has 0 N–H and O–H groups in total. The first-order chi connectivity index (χ1) is 15.2. The van der Waals surface area contributed by atoms with E-state index in [0.29, 0.717) is 31.0 Å². The minimum atomic E-state index is -0.555. The number of amides is 2. The molecule has 1 saturated heterocycles. The Morgan fingerprint density at radius 1 is 1.09 bits per heavy atom. The van der Waals surface area contributed by atoms with Crippen molar-refractivity contribution in [1.29, 1.82) is 0 Å². The van der Waals surface area contributed by atoms with E-state index in [1.54, 1.807) is 24.3 Å². The highest BCUT2D eigenvalue weighted by Gasteiger charge is 2.38. The highest BCUT2D eigenvalue weighted by atomic mass is 16.6. The third-order valence-corrected chi connectivity index (χ3v) is 5.68. The van der Waals surface area contributed by atoms with Crippen LogP contribution in [0.1, 0.15) is 48.2 Å². The summed E-state index contributed by atoms with van der Waals surface area (Å²) in [4.78, 5) is 30.2. The van der Waals surface area contributed by atoms with Crippen molar-refractivity contribution in [3.63, 3.8) is 0 Å². The number of hydrogen-bond donors (Lipinski definition) is 0. The van der Waals surface area contributed by atoms with Gasteiger partial charge in [-0.2, -0.15) is 0 Å². The molecule has 2 aliphatic heterocycles. The van der Waals surface area contributed by atoms with Crippen LogP contribution in [0.3, 0.4) is 0 Å². The number of fused-ring (bicyclic) bond motifs is 1. The van der Waals surface area contributed by atoms with Gasteiger partial charge < -0.3 is 19.1 Å². The van der Waals surface area contributed by atoms with Crippen molar-refractivity contribution in [2.45, 2.75) is 32.3 Å². The minimum Gasteiger partial charge on any atom is -0.497 e. The number of benzene rings is 2. The normalized spacial score (nSPS) is 19.8. The lowest BCUT2D eigenvalue weighted by molar-refractivity contribution is 0.0283. The minimum absolute atomic E-state index is 0.0659. The smallest absolute Gasteiger partial charge is 0.410 e. The van der Waals surface area contributed by atoms with Crippen LogP contribution in [0, 0.1) is 5.92 Å². The maximum absolute atomic E-state index is 12.7. The summed E-state index contributed by atoms with van der Waals surface area (Å²) in [5.74, 6) is 1.31. The molecule has 0 unspecified atom stereocenters. The van der Waals surface area contributed by atoms with Crippen molar-refractivity contribution in [3.05, 3.63) is 59.2 Å². The third-order valence-electron chi connectivity index (χ3n) is 5.68. The Hall–Kier alpha value is -3.35. The van der Waals surface area contributed by atoms with E-state index in [-0.39, 0.29) is 23.8 Å². The lowest BCUT2D eigenvalue weighted by atomic mass is 9.89. The average Bonchev–Trinajstić information content (AvgIpc) is 3.35. The Balaban J connectivity index is 1.50. The number of hydrogen-bond acceptors (Lipinski definition) is 5. The van der Waals surface area contributed by atoms with Gasteiger partial charge in [-0.1, -0.05) is 12.1 Å². The molecule has 7 heteroatoms. The second-order valence-electron chi connectivity index (χ2n) is 9.15. The second-order valence-corrected chi connectivity index (χ2v) is 9.15. The average molecular weight is 437 g/mol. The Labute approximate surface area is 188 Å². The van der Waals surface area contributed by atoms with E-state index in [4.69, 9.17) is 14.2 Å². The molecule has 0 bridgehead atoms. The van der Waals surface area contributed by atoms with Gasteiger partial charge in [0.25, 0.3) is 5.91 Å². The SMILES string of the molecule is COc1ccc([C@H]2CN(C(=O)OC(C)(C)C)C[C@H]2COc2ccc3c(c2)C(=O)N=C3)cc1. The van der Waals surface area contributed by atoms with Crippen LogP contribution in [0.5, 0.6) is 11.5 Å². The third kappa shape index (κ3) is 4.77. The van der Waals surface area contributed by atoms with Crippen LogP contribution >= 0.6 is 0 Å². The Morgan fingerprint density at radius 2 is 1.81 bits per heavy atom. The molecule has 168 valence electrons. The van der Waals surface area contributed by atoms with E-state index >= 15 is 0 Å². The summed E-state index contributed by atoms with van der Waals surface area (Å²) < 4.78 is 16.9. The summed E-state index contributed by atoms with van der Waals surface area (Å²) in [6.07, 6.45) is 1.25. The van der Waals surface area contributed by atoms with Crippen LogP contribution in [0.25, 0.3) is 0 Å². The Kier molecular flexibility index (Phi) is 5.91. The van der Waals surface area contributed by atoms with Gasteiger partial charge in [0.15, 0.2) is 0 Å². The number of ether oxygens (including phenoxy) is 3. The van der Waals surface area contributed by atoms with Gasteiger partial charge in [0.2, 0.25) is 0 Å². The molecule has 2 aromatic carbocycles. The molecular formula is C25H28N2O5. The van der Waals surface area contributed by atoms with E-state index in [1.165, 1.54) is 0 Å². The van der Waals surface area contributed by atoms with Gasteiger partial charge in [-0.15, -0.1) is 0 Å². The maximum Gasteiger partial charge on any atom is 0.410 e. The van der Waals surface area contributed by atoms with Crippen molar-refractivity contribution < 1.29 is 23.8 Å². The van der Waals surface area contributed by atoms with E-state index < -0.39 is 5.60 Å². The van der Waals surface area contributed by atoms with Crippen LogP contribution in [0.4, 0.5) is 4.79 Å². The van der Waals surface area contributed by atoms with Gasteiger partial charge in [0, 0.05) is 36.7 Å². The van der Waals surface area contributed by atoms with Crippen LogP contribution in [-0.4, -0.2) is 55.5 Å². The molecule has 0 saturated carbocycles. The number of nitrogens with zero attached hydrogens (tertiary/aromatic N) is 2. The van der Waals surface area contributed by atoms with Crippen LogP contribution in [0.15, 0.2) is 47.5 Å². The molecule has 2 atom stereocenters. The molecule has 2 amide bonds. The lowest BCUT2D eigenvalue weighted by Crippen LogP contribution is -2.35. The van der Waals surface area contributed by atoms with Crippen LogP contribution in [-0.2, 0) is 4.74 Å². The van der Waals surface area contributed by atoms with Crippen molar-refractivity contribution in [2.75, 3.05) is 26.8 Å². The van der Waals surface area contributed by atoms with Crippen molar-refractivity contribution in [1.82, 2.24) is 4.90 Å². The molecule has 32 heavy (non-hydrogen) atoms. The second kappa shape index (κ2) is 8.65. The summed E-state index contributed by atoms with van der Waals surface area (Å²) in [5, 5.41) is 0. The molecule has 2 heterocycles. The van der Waals surface area contributed by atoms with E-state index in [1.807, 2.05) is 57.2 Å². The maximum atomic E-state index is 12.7. The predicted molar refractivity (Wildman–Crippen MR) is 121 cm³/mol. The summed E-state index contributed by atoms with van der Waals surface area (Å²) in [7, 11) is 1.64. The fraction of sp³-hybridized carbons (Fsp3) is 0.400. The number of aliphatic imine (C=N–C) groups is 1. The fourth-order valence-electron chi connectivity index (χ4n) is 4.07. The van der Waals surface area contributed by atoms with Crippen LogP contribution < -0.4 is 9.47 Å². The van der Waals surface area contributed by atoms with Gasteiger partial charge in [-0.25, -0.2) is 9.79 Å². The van der Waals surface area contributed by atoms with Crippen molar-refractivity contribution in [3.8, 4) is 11.5 Å². The molecular weight excluding hydrogens is 408 g/mol. The molecule has 2 aliphatic rings. The van der Waals surface area contributed by atoms with Crippen molar-refractivity contribution >= 4 is 18.2 Å². The summed E-state index contributed by atoms with van der Waals surface area (Å²) in [6.45, 7) is 7.07. The molecule has 0 aromatic heterocycles. The number of rotatable bonds is 5. The number of carbonyl (C=O) groups is 2. The number of methoxy groups -OCH3 is 1. The molecule has 0 radical (unpaired) electrons. The molecule has 2 aromatic rings. The standard InChI is InChI=1S/C25H28N2O5/c1-25(2,3)32-24(29)27-13-18(22(14-27)16-5-8-19(30-4)9-6-16)15-31-20-10-7-17-12-26-23(28)21(17)11-20/h5-12,18,22H,13-15H2,1-4H3/t18-,22+/m0/s1. The number of carbonyl (C=O) groups excluding carboxylic acids is 2. The molecule has 0 spiro atoms. The molecule has 4 rings (SSSR count). The van der Waals surface area contributed by atoms with E-state index in [2.05, 4.69) is 4.99 Å². The zero-order valence-corrected chi connectivity index (χ0v) is 18.8. The Morgan fingerprint density at radius 3 is 2.50 bits per heavy atom. The van der Waals surface area contributed by atoms with Crippen LogP contribution in [0.2, 0.25) is 0 Å². The zero-order chi connectivity index (χ0) is 22.9. The summed E-state index contributed by atoms with van der Waals surface area (Å²) >= 11 is 0. The largest absolute Gasteiger partial charge is 0.497 e. The first-order valence-corrected chi connectivity index (χ1v) is 10.7. The predicted octanol–water partition coefficient (Wildman–Crippen LogP) is 4.30. The first kappa shape index (κ1) is 21.9. The molecule has 1 fully saturated rings. The highest BCUT2D eigenvalue weighted by Crippen LogP contribution is 2.35. The Bertz CT molecular complexity index is 1040. The van der Waals surface area contributed by atoms with Gasteiger partial charge >= 0.3 is 6.09 Å². The number of likely N-dealkylation sites (tertiary alicyclic amines) is 1. The fourth-order valence-corrected chi connectivity index (χ4v) is 4.07. The highest BCUT2D eigenvalue weighted by molar-refractivity contribution is 6.13. The summed E-state index contributed by atoms with van der Waals surface area (Å²) in [6, 6.07) is 13.3. The molecule has 7 nitrogen and oxygen atoms in total. The quantitative estimate of drug-likeness (QED) is 0.699. The van der Waals surface area contributed by atoms with Gasteiger partial charge in [0.1, 0.15) is 17.1 Å². The van der Waals surface area contributed by atoms with Gasteiger partial charge in [-0.3, -0.25) is 4.79 Å². The summed E-state index contributed by atoms with van der Waals surface area (Å²) in [5.41, 5.74) is 1.91. The molecule has 0 aliphatic carbocycles. The van der Waals surface area contributed by atoms with Gasteiger partial charge in [-0.05, 0) is 56.7 Å². The van der Waals surface area contributed by atoms with Gasteiger partial charge in [0.05, 0.1) is 19.3 Å². The first-order valence-electron chi connectivity index (χ1n) is 10.7. The topological polar surface area (TPSA) is 77.4 Å².